The summed E-state index contributed by atoms with van der Waals surface area (Å²) in [6, 6.07) is 7.77. The van der Waals surface area contributed by atoms with Crippen LogP contribution in [-0.2, 0) is 9.59 Å². The second kappa shape index (κ2) is 6.05. The minimum atomic E-state index is -1.04. The van der Waals surface area contributed by atoms with E-state index in [0.717, 1.165) is 19.4 Å². The van der Waals surface area contributed by atoms with Crippen molar-refractivity contribution < 1.29 is 14.7 Å². The number of aliphatic carboxylic acids is 1. The number of carbonyl (C=O) groups excluding carboxylic acids is 1. The predicted octanol–water partition coefficient (Wildman–Crippen LogP) is 1.32. The van der Waals surface area contributed by atoms with E-state index in [-0.39, 0.29) is 5.91 Å². The number of rotatable bonds is 4. The van der Waals surface area contributed by atoms with E-state index in [1.165, 1.54) is 0 Å². The Labute approximate surface area is 118 Å². The summed E-state index contributed by atoms with van der Waals surface area (Å²) in [6.45, 7) is 3.36. The Hall–Kier alpha value is -1.88. The van der Waals surface area contributed by atoms with E-state index in [0.29, 0.717) is 12.1 Å². The zero-order chi connectivity index (χ0) is 14.6. The molecule has 0 aliphatic carbocycles. The van der Waals surface area contributed by atoms with Crippen molar-refractivity contribution in [2.75, 3.05) is 13.1 Å². The highest BCUT2D eigenvalue weighted by atomic mass is 16.4. The fourth-order valence-corrected chi connectivity index (χ4v) is 2.49. The molecule has 1 aromatic rings. The van der Waals surface area contributed by atoms with Crippen molar-refractivity contribution in [3.05, 3.63) is 35.9 Å². The summed E-state index contributed by atoms with van der Waals surface area (Å²) in [5.41, 5.74) is 0.0431. The van der Waals surface area contributed by atoms with Gasteiger partial charge in [-0.25, -0.2) is 4.79 Å². The maximum atomic E-state index is 12.4. The van der Waals surface area contributed by atoms with Crippen LogP contribution in [0.5, 0.6) is 0 Å². The maximum Gasteiger partial charge on any atom is 0.330 e. The molecule has 1 aliphatic heterocycles. The Bertz CT molecular complexity index is 481. The van der Waals surface area contributed by atoms with Crippen LogP contribution < -0.4 is 10.6 Å². The molecule has 0 saturated carbocycles. The zero-order valence-corrected chi connectivity index (χ0v) is 11.6. The third kappa shape index (κ3) is 3.17. The summed E-state index contributed by atoms with van der Waals surface area (Å²) in [5, 5.41) is 15.2. The largest absolute Gasteiger partial charge is 0.479 e. The van der Waals surface area contributed by atoms with E-state index in [1.807, 2.05) is 13.0 Å². The molecule has 1 amide bonds. The first-order chi connectivity index (χ1) is 9.53. The molecule has 0 spiro atoms. The molecule has 0 bridgehead atoms. The number of hydrogen-bond acceptors (Lipinski definition) is 3. The molecule has 20 heavy (non-hydrogen) atoms. The van der Waals surface area contributed by atoms with Gasteiger partial charge in [0.05, 0.1) is 5.41 Å². The van der Waals surface area contributed by atoms with Gasteiger partial charge in [-0.15, -0.1) is 0 Å². The second-order valence-corrected chi connectivity index (χ2v) is 5.50. The van der Waals surface area contributed by atoms with Gasteiger partial charge in [0.1, 0.15) is 0 Å². The van der Waals surface area contributed by atoms with Crippen LogP contribution in [0.2, 0.25) is 0 Å². The lowest BCUT2D eigenvalue weighted by Crippen LogP contribution is -2.50. The Morgan fingerprint density at radius 1 is 1.35 bits per heavy atom. The lowest BCUT2D eigenvalue weighted by Gasteiger charge is -2.33. The molecule has 1 saturated heterocycles. The summed E-state index contributed by atoms with van der Waals surface area (Å²) in [7, 11) is 0. The maximum absolute atomic E-state index is 12.4. The van der Waals surface area contributed by atoms with Crippen LogP contribution >= 0.6 is 0 Å². The zero-order valence-electron chi connectivity index (χ0n) is 11.6. The van der Waals surface area contributed by atoms with Gasteiger partial charge in [-0.2, -0.15) is 0 Å². The Kier molecular flexibility index (Phi) is 4.39. The fourth-order valence-electron chi connectivity index (χ4n) is 2.49. The van der Waals surface area contributed by atoms with Gasteiger partial charge in [-0.1, -0.05) is 30.3 Å². The van der Waals surface area contributed by atoms with E-state index in [9.17, 15) is 14.7 Å². The van der Waals surface area contributed by atoms with Gasteiger partial charge in [0, 0.05) is 6.54 Å². The lowest BCUT2D eigenvalue weighted by atomic mass is 9.81. The highest BCUT2D eigenvalue weighted by Crippen LogP contribution is 2.27. The SMILES string of the molecule is CC1(C(=O)N[C@@H](C(=O)O)c2ccccc2)CCCNC1. The summed E-state index contributed by atoms with van der Waals surface area (Å²) < 4.78 is 0. The average Bonchev–Trinajstić information content (AvgIpc) is 2.45. The van der Waals surface area contributed by atoms with E-state index >= 15 is 0 Å². The molecule has 1 unspecified atom stereocenters. The number of carboxylic acid groups (broad SMARTS) is 1. The normalized spacial score (nSPS) is 23.9. The Morgan fingerprint density at radius 3 is 2.60 bits per heavy atom. The summed E-state index contributed by atoms with van der Waals surface area (Å²) >= 11 is 0. The van der Waals surface area contributed by atoms with Crippen molar-refractivity contribution in [2.24, 2.45) is 5.41 Å². The standard InChI is InChI=1S/C15H20N2O3/c1-15(8-5-9-16-10-15)14(20)17-12(13(18)19)11-6-3-2-4-7-11/h2-4,6-7,12,16H,5,8-10H2,1H3,(H,17,20)(H,18,19)/t12-,15?/m1/s1. The van der Waals surface area contributed by atoms with Crippen molar-refractivity contribution >= 4 is 11.9 Å². The highest BCUT2D eigenvalue weighted by Gasteiger charge is 2.37. The first-order valence-electron chi connectivity index (χ1n) is 6.82. The molecule has 108 valence electrons. The molecule has 0 aromatic heterocycles. The third-order valence-electron chi connectivity index (χ3n) is 3.80. The molecular weight excluding hydrogens is 256 g/mol. The minimum Gasteiger partial charge on any atom is -0.479 e. The van der Waals surface area contributed by atoms with Crippen LogP contribution in [0.4, 0.5) is 0 Å². The van der Waals surface area contributed by atoms with Crippen LogP contribution in [0.1, 0.15) is 31.4 Å². The summed E-state index contributed by atoms with van der Waals surface area (Å²) in [4.78, 5) is 23.8. The van der Waals surface area contributed by atoms with Gasteiger partial charge in [0.15, 0.2) is 6.04 Å². The first kappa shape index (κ1) is 14.5. The molecule has 1 aliphatic rings. The number of nitrogens with one attached hydrogen (secondary N) is 2. The van der Waals surface area contributed by atoms with Crippen LogP contribution in [0.25, 0.3) is 0 Å². The molecule has 3 N–H and O–H groups in total. The number of amides is 1. The molecule has 5 nitrogen and oxygen atoms in total. The van der Waals surface area contributed by atoms with Crippen LogP contribution in [0.3, 0.4) is 0 Å². The summed E-state index contributed by atoms with van der Waals surface area (Å²) in [5.74, 6) is -1.25. The molecular formula is C15H20N2O3. The van der Waals surface area contributed by atoms with Crippen LogP contribution in [0, 0.1) is 5.41 Å². The molecule has 2 rings (SSSR count). The number of carbonyl (C=O) groups is 2. The number of hydrogen-bond donors (Lipinski definition) is 3. The van der Waals surface area contributed by atoms with E-state index < -0.39 is 17.4 Å². The summed E-state index contributed by atoms with van der Waals surface area (Å²) in [6.07, 6.45) is 1.69. The van der Waals surface area contributed by atoms with Crippen molar-refractivity contribution in [3.63, 3.8) is 0 Å². The lowest BCUT2D eigenvalue weighted by molar-refractivity contribution is -0.144. The highest BCUT2D eigenvalue weighted by molar-refractivity contribution is 5.88. The quantitative estimate of drug-likeness (QED) is 0.775. The van der Waals surface area contributed by atoms with Crippen LogP contribution in [0.15, 0.2) is 30.3 Å². The predicted molar refractivity (Wildman–Crippen MR) is 75.2 cm³/mol. The monoisotopic (exact) mass is 276 g/mol. The van der Waals surface area contributed by atoms with Gasteiger partial charge in [-0.05, 0) is 31.9 Å². The van der Waals surface area contributed by atoms with Crippen molar-refractivity contribution in [1.29, 1.82) is 0 Å². The number of benzene rings is 1. The van der Waals surface area contributed by atoms with Crippen LogP contribution in [-0.4, -0.2) is 30.1 Å². The van der Waals surface area contributed by atoms with Gasteiger partial charge < -0.3 is 15.7 Å². The smallest absolute Gasteiger partial charge is 0.330 e. The van der Waals surface area contributed by atoms with Crippen molar-refractivity contribution in [3.8, 4) is 0 Å². The molecule has 2 atom stereocenters. The van der Waals surface area contributed by atoms with Crippen molar-refractivity contribution in [2.45, 2.75) is 25.8 Å². The van der Waals surface area contributed by atoms with Gasteiger partial charge in [-0.3, -0.25) is 4.79 Å². The third-order valence-corrected chi connectivity index (χ3v) is 3.80. The molecule has 5 heteroatoms. The average molecular weight is 276 g/mol. The van der Waals surface area contributed by atoms with Gasteiger partial charge in [0.2, 0.25) is 5.91 Å². The number of carboxylic acids is 1. The molecule has 1 aromatic carbocycles. The molecule has 1 heterocycles. The van der Waals surface area contributed by atoms with Gasteiger partial charge >= 0.3 is 5.97 Å². The van der Waals surface area contributed by atoms with Crippen molar-refractivity contribution in [1.82, 2.24) is 10.6 Å². The topological polar surface area (TPSA) is 78.4 Å². The Balaban J connectivity index is 2.12. The molecule has 0 radical (unpaired) electrons. The first-order valence-corrected chi connectivity index (χ1v) is 6.82. The minimum absolute atomic E-state index is 0.207. The number of piperidine rings is 1. The second-order valence-electron chi connectivity index (χ2n) is 5.50. The Morgan fingerprint density at radius 2 is 2.05 bits per heavy atom. The van der Waals surface area contributed by atoms with Gasteiger partial charge in [0.25, 0.3) is 0 Å². The van der Waals surface area contributed by atoms with E-state index in [1.54, 1.807) is 24.3 Å². The van der Waals surface area contributed by atoms with E-state index in [2.05, 4.69) is 10.6 Å². The fraction of sp³-hybridized carbons (Fsp3) is 0.467. The molecule has 1 fully saturated rings. The van der Waals surface area contributed by atoms with E-state index in [4.69, 9.17) is 0 Å².